The maximum absolute atomic E-state index is 10.2. The van der Waals surface area contributed by atoms with Crippen molar-refractivity contribution in [2.75, 3.05) is 19.6 Å². The Labute approximate surface area is 132 Å². The molecule has 0 unspecified atom stereocenters. The molecule has 2 aliphatic rings. The van der Waals surface area contributed by atoms with Crippen LogP contribution in [0.2, 0.25) is 0 Å². The number of aliphatic hydroxyl groups is 2. The van der Waals surface area contributed by atoms with Crippen molar-refractivity contribution in [3.63, 3.8) is 0 Å². The topological polar surface area (TPSA) is 176 Å². The second kappa shape index (κ2) is 11.5. The van der Waals surface area contributed by atoms with Gasteiger partial charge in [0.25, 0.3) is 0 Å². The van der Waals surface area contributed by atoms with Crippen LogP contribution in [-0.2, 0) is 14.4 Å². The summed E-state index contributed by atoms with van der Waals surface area (Å²) in [5.41, 5.74) is 0. The Balaban J connectivity index is 0.000000322. The van der Waals surface area contributed by atoms with Crippen LogP contribution in [0.5, 0.6) is 0 Å². The molecule has 0 spiro atoms. The summed E-state index contributed by atoms with van der Waals surface area (Å²) < 4.78 is 0. The van der Waals surface area contributed by atoms with Gasteiger partial charge in [0.05, 0.1) is 12.2 Å². The van der Waals surface area contributed by atoms with Gasteiger partial charge >= 0.3 is 17.9 Å². The van der Waals surface area contributed by atoms with E-state index in [9.17, 15) is 14.4 Å². The Hall–Kier alpha value is -2.01. The predicted octanol–water partition coefficient (Wildman–Crippen LogP) is -2.15. The molecule has 2 rings (SSSR count). The zero-order valence-corrected chi connectivity index (χ0v) is 12.4. The molecule has 7 N–H and O–H groups in total. The highest BCUT2D eigenvalue weighted by molar-refractivity contribution is 5.89. The summed E-state index contributed by atoms with van der Waals surface area (Å²) in [6, 6.07) is -0.542. The first kappa shape index (κ1) is 21.0. The third-order valence-electron chi connectivity index (χ3n) is 2.81. The zero-order valence-electron chi connectivity index (χ0n) is 12.4. The van der Waals surface area contributed by atoms with Crippen molar-refractivity contribution in [2.24, 2.45) is 0 Å². The molecule has 2 saturated heterocycles. The van der Waals surface area contributed by atoms with E-state index >= 15 is 0 Å². The van der Waals surface area contributed by atoms with Crippen molar-refractivity contribution in [1.82, 2.24) is 10.6 Å². The van der Waals surface area contributed by atoms with Crippen molar-refractivity contribution >= 4 is 17.9 Å². The Kier molecular flexibility index (Phi) is 10.5. The molecule has 3 atom stereocenters. The summed E-state index contributed by atoms with van der Waals surface area (Å²) in [5.74, 6) is -3.40. The molecule has 23 heavy (non-hydrogen) atoms. The third kappa shape index (κ3) is 12.2. The molecule has 0 saturated carbocycles. The van der Waals surface area contributed by atoms with Crippen LogP contribution in [-0.4, -0.2) is 81.3 Å². The molecule has 0 amide bonds. The molecule has 2 heterocycles. The average molecular weight is 334 g/mol. The molecule has 132 valence electrons. The summed E-state index contributed by atoms with van der Waals surface area (Å²) in [6.45, 7) is 2.18. The minimum atomic E-state index is -1.26. The van der Waals surface area contributed by atoms with E-state index in [2.05, 4.69) is 10.6 Å². The van der Waals surface area contributed by atoms with Crippen molar-refractivity contribution in [2.45, 2.75) is 31.1 Å². The SMILES string of the molecule is O=C(O)/C=C\C(=O)O.O=C(O)[C@@H]1C[C@@H](O)CN1.O[C@@H]1CCNC1. The molecule has 0 aromatic rings. The van der Waals surface area contributed by atoms with Crippen LogP contribution in [0.1, 0.15) is 12.8 Å². The highest BCUT2D eigenvalue weighted by Crippen LogP contribution is 2.05. The third-order valence-corrected chi connectivity index (χ3v) is 2.81. The van der Waals surface area contributed by atoms with Crippen molar-refractivity contribution in [3.05, 3.63) is 12.2 Å². The number of hydrogen-bond donors (Lipinski definition) is 7. The number of carboxylic acid groups (broad SMARTS) is 3. The van der Waals surface area contributed by atoms with Gasteiger partial charge < -0.3 is 36.2 Å². The first-order valence-electron chi connectivity index (χ1n) is 6.89. The summed E-state index contributed by atoms with van der Waals surface area (Å²) in [6.07, 6.45) is 1.83. The fourth-order valence-corrected chi connectivity index (χ4v) is 1.69. The fourth-order valence-electron chi connectivity index (χ4n) is 1.69. The van der Waals surface area contributed by atoms with Gasteiger partial charge in [-0.15, -0.1) is 0 Å². The minimum absolute atomic E-state index is 0.0648. The Morgan fingerprint density at radius 1 is 0.913 bits per heavy atom. The molecule has 2 aliphatic heterocycles. The number of hydrogen-bond acceptors (Lipinski definition) is 7. The molecule has 10 heteroatoms. The Morgan fingerprint density at radius 2 is 1.48 bits per heavy atom. The van der Waals surface area contributed by atoms with Gasteiger partial charge in [-0.25, -0.2) is 9.59 Å². The number of carbonyl (C=O) groups is 3. The van der Waals surface area contributed by atoms with Gasteiger partial charge in [0, 0.05) is 31.7 Å². The van der Waals surface area contributed by atoms with Gasteiger partial charge in [-0.05, 0) is 13.0 Å². The lowest BCUT2D eigenvalue weighted by atomic mass is 10.2. The van der Waals surface area contributed by atoms with E-state index in [1.165, 1.54) is 0 Å². The van der Waals surface area contributed by atoms with Gasteiger partial charge in [0.15, 0.2) is 0 Å². The number of aliphatic carboxylic acids is 3. The lowest BCUT2D eigenvalue weighted by Crippen LogP contribution is -2.29. The van der Waals surface area contributed by atoms with Crippen molar-refractivity contribution in [3.8, 4) is 0 Å². The van der Waals surface area contributed by atoms with Gasteiger partial charge in [-0.3, -0.25) is 4.79 Å². The number of rotatable bonds is 3. The number of aliphatic hydroxyl groups excluding tert-OH is 2. The maximum Gasteiger partial charge on any atom is 0.328 e. The summed E-state index contributed by atoms with van der Waals surface area (Å²) in [5, 5.41) is 47.1. The van der Waals surface area contributed by atoms with E-state index in [1.54, 1.807) is 0 Å². The minimum Gasteiger partial charge on any atom is -0.480 e. The smallest absolute Gasteiger partial charge is 0.328 e. The van der Waals surface area contributed by atoms with E-state index in [0.29, 0.717) is 25.1 Å². The van der Waals surface area contributed by atoms with Crippen LogP contribution in [0, 0.1) is 0 Å². The molecule has 2 fully saturated rings. The first-order valence-corrected chi connectivity index (χ1v) is 6.89. The lowest BCUT2D eigenvalue weighted by Gasteiger charge is -1.99. The number of β-amino-alcohol motifs (C(OH)–C–C–N with tert-alkyl or cyclic N) is 2. The molecular weight excluding hydrogens is 312 g/mol. The van der Waals surface area contributed by atoms with Gasteiger partial charge in [0.1, 0.15) is 6.04 Å². The first-order chi connectivity index (χ1) is 10.7. The standard InChI is InChI=1S/C5H9NO3.C4H9NO.C4H4O4/c7-3-1-4(5(8)9)6-2-3;6-4-1-2-5-3-4;5-3(6)1-2-4(7)8/h3-4,6-7H,1-2H2,(H,8,9);4-6H,1-3H2;1-2H,(H,5,6)(H,7,8)/b;;2-1-/t3-,4+;4-;/m11./s1. The maximum atomic E-state index is 10.2. The Morgan fingerprint density at radius 3 is 1.65 bits per heavy atom. The van der Waals surface area contributed by atoms with Crippen LogP contribution in [0.3, 0.4) is 0 Å². The van der Waals surface area contributed by atoms with E-state index < -0.39 is 30.1 Å². The van der Waals surface area contributed by atoms with Crippen LogP contribution in [0.25, 0.3) is 0 Å². The highest BCUT2D eigenvalue weighted by atomic mass is 16.4. The quantitative estimate of drug-likeness (QED) is 0.281. The van der Waals surface area contributed by atoms with E-state index in [4.69, 9.17) is 25.5 Å². The summed E-state index contributed by atoms with van der Waals surface area (Å²) in [7, 11) is 0. The van der Waals surface area contributed by atoms with Gasteiger partial charge in [-0.1, -0.05) is 0 Å². The normalized spacial score (nSPS) is 25.9. The second-order valence-electron chi connectivity index (χ2n) is 4.85. The largest absolute Gasteiger partial charge is 0.480 e. The molecular formula is C13H22N2O8. The lowest BCUT2D eigenvalue weighted by molar-refractivity contribution is -0.139. The van der Waals surface area contributed by atoms with E-state index in [-0.39, 0.29) is 6.10 Å². The highest BCUT2D eigenvalue weighted by Gasteiger charge is 2.27. The van der Waals surface area contributed by atoms with E-state index in [0.717, 1.165) is 19.5 Å². The molecule has 0 bridgehead atoms. The molecule has 10 nitrogen and oxygen atoms in total. The molecule has 0 aromatic heterocycles. The van der Waals surface area contributed by atoms with Crippen LogP contribution < -0.4 is 10.6 Å². The number of carboxylic acids is 3. The van der Waals surface area contributed by atoms with Crippen molar-refractivity contribution < 1.29 is 39.9 Å². The summed E-state index contributed by atoms with van der Waals surface area (Å²) in [4.78, 5) is 29.3. The molecule has 0 aromatic carbocycles. The van der Waals surface area contributed by atoms with Crippen LogP contribution >= 0.6 is 0 Å². The second-order valence-corrected chi connectivity index (χ2v) is 4.85. The average Bonchev–Trinajstić information content (AvgIpc) is 3.09. The van der Waals surface area contributed by atoms with Crippen molar-refractivity contribution in [1.29, 1.82) is 0 Å². The molecule has 0 radical (unpaired) electrons. The monoisotopic (exact) mass is 334 g/mol. The van der Waals surface area contributed by atoms with E-state index in [1.807, 2.05) is 0 Å². The Bertz CT molecular complexity index is 404. The van der Waals surface area contributed by atoms with Crippen LogP contribution in [0.15, 0.2) is 12.2 Å². The van der Waals surface area contributed by atoms with Gasteiger partial charge in [-0.2, -0.15) is 0 Å². The predicted molar refractivity (Wildman–Crippen MR) is 78.0 cm³/mol. The van der Waals surface area contributed by atoms with Crippen LogP contribution in [0.4, 0.5) is 0 Å². The summed E-state index contributed by atoms with van der Waals surface area (Å²) >= 11 is 0. The number of nitrogens with one attached hydrogen (secondary N) is 2. The fraction of sp³-hybridized carbons (Fsp3) is 0.615. The van der Waals surface area contributed by atoms with Gasteiger partial charge in [0.2, 0.25) is 0 Å². The molecule has 0 aliphatic carbocycles. The zero-order chi connectivity index (χ0) is 17.8.